The van der Waals surface area contributed by atoms with Gasteiger partial charge in [-0.25, -0.2) is 0 Å². The van der Waals surface area contributed by atoms with Crippen LogP contribution >= 0.6 is 11.6 Å². The fourth-order valence-electron chi connectivity index (χ4n) is 3.85. The Hall–Kier alpha value is -2.24. The van der Waals surface area contributed by atoms with Crippen LogP contribution in [-0.2, 0) is 4.79 Å². The maximum absolute atomic E-state index is 13.0. The molecule has 3 rings (SSSR count). The smallest absolute Gasteiger partial charge is 0.278 e. The molecule has 0 aliphatic carbocycles. The van der Waals surface area contributed by atoms with Crippen LogP contribution in [0.25, 0.3) is 0 Å². The normalized spacial score (nSPS) is 17.4. The first-order valence-corrected chi connectivity index (χ1v) is 10.0. The third-order valence-electron chi connectivity index (χ3n) is 5.41. The number of nitrogens with zero attached hydrogens (tertiary/aromatic N) is 1. The van der Waals surface area contributed by atoms with Crippen molar-refractivity contribution in [1.29, 1.82) is 0 Å². The molecule has 28 heavy (non-hydrogen) atoms. The van der Waals surface area contributed by atoms with Gasteiger partial charge in [0.25, 0.3) is 5.91 Å². The highest BCUT2D eigenvalue weighted by Crippen LogP contribution is 2.38. The summed E-state index contributed by atoms with van der Waals surface area (Å²) in [6.07, 6.45) is 1.91. The Balaban J connectivity index is 1.71. The summed E-state index contributed by atoms with van der Waals surface area (Å²) in [6, 6.07) is 13.7. The Morgan fingerprint density at radius 1 is 1.25 bits per heavy atom. The summed E-state index contributed by atoms with van der Waals surface area (Å²) >= 11 is 6.29. The quantitative estimate of drug-likeness (QED) is 0.771. The van der Waals surface area contributed by atoms with Gasteiger partial charge >= 0.3 is 0 Å². The zero-order valence-corrected chi connectivity index (χ0v) is 17.4. The summed E-state index contributed by atoms with van der Waals surface area (Å²) in [5.74, 6) is 1.69. The van der Waals surface area contributed by atoms with Crippen LogP contribution < -0.4 is 14.8 Å². The molecule has 1 fully saturated rings. The van der Waals surface area contributed by atoms with Gasteiger partial charge in [0, 0.05) is 22.7 Å². The third-order valence-corrected chi connectivity index (χ3v) is 5.76. The summed E-state index contributed by atoms with van der Waals surface area (Å²) in [4.78, 5) is 15.0. The van der Waals surface area contributed by atoms with Crippen molar-refractivity contribution in [2.75, 3.05) is 27.3 Å². The number of methoxy groups -OCH3 is 2. The summed E-state index contributed by atoms with van der Waals surface area (Å²) in [7, 11) is 3.31. The second kappa shape index (κ2) is 9.30. The van der Waals surface area contributed by atoms with Gasteiger partial charge in [-0.05, 0) is 44.0 Å². The minimum absolute atomic E-state index is 0.0153. The second-order valence-electron chi connectivity index (χ2n) is 7.10. The zero-order chi connectivity index (χ0) is 20.1. The molecule has 5 nitrogen and oxygen atoms in total. The van der Waals surface area contributed by atoms with Gasteiger partial charge in [-0.2, -0.15) is 0 Å². The Labute approximate surface area is 171 Å². The van der Waals surface area contributed by atoms with E-state index in [1.807, 2.05) is 52.7 Å². The SMILES string of the molecule is COc1ccc(OC)c([C@H]2CCCN2C(=O)C[NH2+][C@H](C)c2ccccc2Cl)c1. The van der Waals surface area contributed by atoms with E-state index in [9.17, 15) is 4.79 Å². The summed E-state index contributed by atoms with van der Waals surface area (Å²) in [6.45, 7) is 3.22. The third kappa shape index (κ3) is 4.42. The minimum Gasteiger partial charge on any atom is -0.497 e. The van der Waals surface area contributed by atoms with Crippen molar-refractivity contribution in [1.82, 2.24) is 4.90 Å². The second-order valence-corrected chi connectivity index (χ2v) is 7.51. The van der Waals surface area contributed by atoms with E-state index in [2.05, 4.69) is 6.92 Å². The molecule has 0 unspecified atom stereocenters. The van der Waals surface area contributed by atoms with Crippen LogP contribution in [0.1, 0.15) is 43.0 Å². The van der Waals surface area contributed by atoms with Crippen molar-refractivity contribution in [2.24, 2.45) is 0 Å². The lowest BCUT2D eigenvalue weighted by Crippen LogP contribution is -2.87. The molecule has 1 saturated heterocycles. The number of carbonyl (C=O) groups is 1. The van der Waals surface area contributed by atoms with Crippen molar-refractivity contribution in [3.8, 4) is 11.5 Å². The van der Waals surface area contributed by atoms with E-state index in [4.69, 9.17) is 21.1 Å². The first-order valence-electron chi connectivity index (χ1n) is 9.64. The molecule has 0 aromatic heterocycles. The predicted octanol–water partition coefficient (Wildman–Crippen LogP) is 3.35. The topological polar surface area (TPSA) is 55.4 Å². The standard InChI is InChI=1S/C22H27ClN2O3/c1-15(17-7-4-5-8-19(17)23)24-14-22(26)25-12-6-9-20(25)18-13-16(27-2)10-11-21(18)28-3/h4-5,7-8,10-11,13,15,20,24H,6,9,12,14H2,1-3H3/p+1/t15-,20-/m1/s1. The maximum atomic E-state index is 13.0. The fraction of sp³-hybridized carbons (Fsp3) is 0.409. The number of hydrogen-bond acceptors (Lipinski definition) is 3. The molecule has 6 heteroatoms. The number of nitrogens with two attached hydrogens (primary N) is 1. The molecule has 0 spiro atoms. The van der Waals surface area contributed by atoms with E-state index < -0.39 is 0 Å². The average molecular weight is 404 g/mol. The maximum Gasteiger partial charge on any atom is 0.278 e. The first kappa shape index (κ1) is 20.5. The van der Waals surface area contributed by atoms with Crippen molar-refractivity contribution >= 4 is 17.5 Å². The summed E-state index contributed by atoms with van der Waals surface area (Å²) in [5, 5.41) is 2.78. The molecule has 1 amide bonds. The molecule has 2 atom stereocenters. The van der Waals surface area contributed by atoms with Gasteiger partial charge in [-0.3, -0.25) is 4.79 Å². The Morgan fingerprint density at radius 2 is 2.04 bits per heavy atom. The van der Waals surface area contributed by atoms with Crippen LogP contribution in [0.3, 0.4) is 0 Å². The number of rotatable bonds is 7. The number of benzene rings is 2. The lowest BCUT2D eigenvalue weighted by Gasteiger charge is -2.26. The number of amides is 1. The van der Waals surface area contributed by atoms with E-state index in [0.717, 1.165) is 47.0 Å². The van der Waals surface area contributed by atoms with Gasteiger partial charge in [0.2, 0.25) is 0 Å². The van der Waals surface area contributed by atoms with E-state index in [1.165, 1.54) is 0 Å². The molecular weight excluding hydrogens is 376 g/mol. The number of quaternary nitrogens is 1. The average Bonchev–Trinajstić information content (AvgIpc) is 3.21. The molecule has 0 bridgehead atoms. The molecule has 0 saturated carbocycles. The molecular formula is C22H28ClN2O3+. The van der Waals surface area contributed by atoms with Crippen LogP contribution in [0, 0.1) is 0 Å². The van der Waals surface area contributed by atoms with Crippen LogP contribution in [0.15, 0.2) is 42.5 Å². The lowest BCUT2D eigenvalue weighted by atomic mass is 10.0. The van der Waals surface area contributed by atoms with Crippen molar-refractivity contribution < 1.29 is 19.6 Å². The predicted molar refractivity (Wildman–Crippen MR) is 110 cm³/mol. The van der Waals surface area contributed by atoms with Crippen LogP contribution in [0.2, 0.25) is 5.02 Å². The molecule has 2 aromatic carbocycles. The van der Waals surface area contributed by atoms with Crippen molar-refractivity contribution in [3.63, 3.8) is 0 Å². The Kier molecular flexibility index (Phi) is 6.81. The molecule has 2 aromatic rings. The van der Waals surface area contributed by atoms with Crippen LogP contribution in [0.5, 0.6) is 11.5 Å². The summed E-state index contributed by atoms with van der Waals surface area (Å²) < 4.78 is 10.9. The van der Waals surface area contributed by atoms with E-state index in [1.54, 1.807) is 14.2 Å². The number of likely N-dealkylation sites (tertiary alicyclic amines) is 1. The molecule has 1 heterocycles. The van der Waals surface area contributed by atoms with E-state index in [0.29, 0.717) is 6.54 Å². The lowest BCUT2D eigenvalue weighted by molar-refractivity contribution is -0.683. The van der Waals surface area contributed by atoms with E-state index in [-0.39, 0.29) is 18.0 Å². The highest BCUT2D eigenvalue weighted by molar-refractivity contribution is 6.31. The number of carbonyl (C=O) groups excluding carboxylic acids is 1. The van der Waals surface area contributed by atoms with Gasteiger partial charge in [0.15, 0.2) is 6.54 Å². The zero-order valence-electron chi connectivity index (χ0n) is 16.7. The largest absolute Gasteiger partial charge is 0.497 e. The van der Waals surface area contributed by atoms with Gasteiger partial charge in [0.05, 0.1) is 20.3 Å². The number of halogens is 1. The van der Waals surface area contributed by atoms with E-state index >= 15 is 0 Å². The van der Waals surface area contributed by atoms with Crippen LogP contribution in [0.4, 0.5) is 0 Å². The van der Waals surface area contributed by atoms with Gasteiger partial charge in [-0.15, -0.1) is 0 Å². The summed E-state index contributed by atoms with van der Waals surface area (Å²) in [5.41, 5.74) is 2.05. The van der Waals surface area contributed by atoms with Gasteiger partial charge < -0.3 is 19.7 Å². The molecule has 2 N–H and O–H groups in total. The highest BCUT2D eigenvalue weighted by atomic mass is 35.5. The Bertz CT molecular complexity index is 827. The first-order chi connectivity index (χ1) is 13.5. The number of hydrogen-bond donors (Lipinski definition) is 1. The van der Waals surface area contributed by atoms with Gasteiger partial charge in [0.1, 0.15) is 17.5 Å². The monoisotopic (exact) mass is 403 g/mol. The molecule has 1 aliphatic rings. The molecule has 0 radical (unpaired) electrons. The minimum atomic E-state index is 0.0153. The van der Waals surface area contributed by atoms with Crippen LogP contribution in [-0.4, -0.2) is 38.1 Å². The van der Waals surface area contributed by atoms with Gasteiger partial charge in [-0.1, -0.05) is 29.8 Å². The molecule has 150 valence electrons. The highest BCUT2D eigenvalue weighted by Gasteiger charge is 2.33. The Morgan fingerprint density at radius 3 is 2.75 bits per heavy atom. The fourth-order valence-corrected chi connectivity index (χ4v) is 4.16. The number of ether oxygens (including phenoxy) is 2. The van der Waals surface area contributed by atoms with Crippen molar-refractivity contribution in [2.45, 2.75) is 31.8 Å². The van der Waals surface area contributed by atoms with Crippen molar-refractivity contribution in [3.05, 3.63) is 58.6 Å². The molecule has 1 aliphatic heterocycles.